The van der Waals surface area contributed by atoms with E-state index in [1.807, 2.05) is 10.3 Å². The Bertz CT molecular complexity index is 682. The van der Waals surface area contributed by atoms with E-state index in [-0.39, 0.29) is 5.91 Å². The molecule has 0 bridgehead atoms. The van der Waals surface area contributed by atoms with Gasteiger partial charge in [0.2, 0.25) is 5.91 Å². The van der Waals surface area contributed by atoms with Crippen molar-refractivity contribution in [3.8, 4) is 0 Å². The number of amides is 1. The largest absolute Gasteiger partial charge is 0.375 e. The molecule has 1 aliphatic rings. The Morgan fingerprint density at radius 3 is 3.09 bits per heavy atom. The smallest absolute Gasteiger partial charge is 0.222 e. The average Bonchev–Trinajstić information content (AvgIpc) is 2.98. The highest BCUT2D eigenvalue weighted by Crippen LogP contribution is 2.28. The Hall–Kier alpha value is -1.88. The predicted octanol–water partition coefficient (Wildman–Crippen LogP) is 3.37. The van der Waals surface area contributed by atoms with E-state index < -0.39 is 0 Å². The average molecular weight is 329 g/mol. The van der Waals surface area contributed by atoms with Crippen LogP contribution in [0, 0.1) is 6.92 Å². The molecule has 1 fully saturated rings. The molecular weight excluding hydrogens is 306 g/mol. The number of carbonyl (C=O) groups excluding carboxylic acids is 1. The molecule has 0 spiro atoms. The Morgan fingerprint density at radius 1 is 1.48 bits per heavy atom. The summed E-state index contributed by atoms with van der Waals surface area (Å²) >= 11 is 1.43. The highest BCUT2D eigenvalue weighted by Gasteiger charge is 2.24. The normalized spacial score (nSPS) is 18.1. The molecule has 0 saturated carbocycles. The topological polar surface area (TPSA) is 59.2 Å². The number of aryl methyl sites for hydroxylation is 2. The maximum Gasteiger partial charge on any atom is 0.222 e. The number of nitrogens with two attached hydrogens (primary N) is 1. The molecule has 0 aliphatic carbocycles. The first-order chi connectivity index (χ1) is 11.1. The van der Waals surface area contributed by atoms with Crippen LogP contribution in [0.3, 0.4) is 0 Å². The van der Waals surface area contributed by atoms with Crippen LogP contribution in [0.15, 0.2) is 29.6 Å². The summed E-state index contributed by atoms with van der Waals surface area (Å²) in [5.74, 6) is 0.691. The molecule has 1 aromatic heterocycles. The van der Waals surface area contributed by atoms with E-state index >= 15 is 0 Å². The lowest BCUT2D eigenvalue weighted by Crippen LogP contribution is -2.39. The van der Waals surface area contributed by atoms with Gasteiger partial charge in [-0.15, -0.1) is 11.3 Å². The zero-order valence-corrected chi connectivity index (χ0v) is 14.3. The van der Waals surface area contributed by atoms with Crippen molar-refractivity contribution in [2.24, 2.45) is 0 Å². The first-order valence-corrected chi connectivity index (χ1v) is 9.04. The van der Waals surface area contributed by atoms with Gasteiger partial charge in [-0.3, -0.25) is 4.79 Å². The Morgan fingerprint density at radius 2 is 2.35 bits per heavy atom. The molecule has 1 aliphatic heterocycles. The van der Waals surface area contributed by atoms with Crippen LogP contribution in [0.25, 0.3) is 0 Å². The number of nitrogen functional groups attached to an aromatic ring is 1. The summed E-state index contributed by atoms with van der Waals surface area (Å²) in [5.41, 5.74) is 9.20. The summed E-state index contributed by atoms with van der Waals surface area (Å²) in [6.07, 6.45) is 3.44. The first kappa shape index (κ1) is 16.0. The summed E-state index contributed by atoms with van der Waals surface area (Å²) in [5, 5.41) is 2.51. The summed E-state index contributed by atoms with van der Waals surface area (Å²) in [6, 6.07) is 8.66. The van der Waals surface area contributed by atoms with Crippen molar-refractivity contribution in [3.63, 3.8) is 0 Å². The molecule has 4 nitrogen and oxygen atoms in total. The SMILES string of the molecule is Cc1cccc(C2CCCN(C(=O)CCc3csc(N)n3)C2)c1. The third-order valence-corrected chi connectivity index (χ3v) is 5.17. The number of anilines is 1. The molecule has 1 saturated heterocycles. The Labute approximate surface area is 141 Å². The van der Waals surface area contributed by atoms with Gasteiger partial charge in [0.1, 0.15) is 0 Å². The van der Waals surface area contributed by atoms with Crippen molar-refractivity contribution in [3.05, 3.63) is 46.5 Å². The number of hydrogen-bond donors (Lipinski definition) is 1. The highest BCUT2D eigenvalue weighted by molar-refractivity contribution is 7.13. The second-order valence-corrected chi connectivity index (χ2v) is 7.16. The fourth-order valence-corrected chi connectivity index (χ4v) is 3.83. The Kier molecular flexibility index (Phi) is 4.96. The van der Waals surface area contributed by atoms with Crippen LogP contribution >= 0.6 is 11.3 Å². The number of aromatic nitrogens is 1. The molecule has 3 rings (SSSR count). The van der Waals surface area contributed by atoms with Crippen molar-refractivity contribution >= 4 is 22.4 Å². The van der Waals surface area contributed by atoms with Crippen molar-refractivity contribution in [1.82, 2.24) is 9.88 Å². The minimum absolute atomic E-state index is 0.230. The maximum absolute atomic E-state index is 12.5. The van der Waals surface area contributed by atoms with Gasteiger partial charge in [-0.05, 0) is 31.7 Å². The van der Waals surface area contributed by atoms with E-state index in [4.69, 9.17) is 5.73 Å². The quantitative estimate of drug-likeness (QED) is 0.935. The minimum atomic E-state index is 0.230. The Balaban J connectivity index is 1.58. The minimum Gasteiger partial charge on any atom is -0.375 e. The molecule has 0 radical (unpaired) electrons. The predicted molar refractivity (Wildman–Crippen MR) is 94.6 cm³/mol. The van der Waals surface area contributed by atoms with Crippen LogP contribution in [-0.2, 0) is 11.2 Å². The summed E-state index contributed by atoms with van der Waals surface area (Å²) in [7, 11) is 0. The molecule has 1 unspecified atom stereocenters. The second kappa shape index (κ2) is 7.13. The number of nitrogens with zero attached hydrogens (tertiary/aromatic N) is 2. The van der Waals surface area contributed by atoms with Gasteiger partial charge in [0.05, 0.1) is 5.69 Å². The van der Waals surface area contributed by atoms with Crippen molar-refractivity contribution < 1.29 is 4.79 Å². The number of piperidine rings is 1. The fourth-order valence-electron chi connectivity index (χ4n) is 3.23. The molecule has 23 heavy (non-hydrogen) atoms. The molecule has 2 aromatic rings. The standard InChI is InChI=1S/C18H23N3OS/c1-13-4-2-5-14(10-13)15-6-3-9-21(11-15)17(22)8-7-16-12-23-18(19)20-16/h2,4-5,10,12,15H,3,6-9,11H2,1H3,(H2,19,20). The number of likely N-dealkylation sites (tertiary alicyclic amines) is 1. The van der Waals surface area contributed by atoms with Gasteiger partial charge >= 0.3 is 0 Å². The zero-order valence-electron chi connectivity index (χ0n) is 13.5. The monoisotopic (exact) mass is 329 g/mol. The number of hydrogen-bond acceptors (Lipinski definition) is 4. The molecule has 5 heteroatoms. The molecule has 1 atom stereocenters. The van der Waals surface area contributed by atoms with E-state index in [1.54, 1.807) is 0 Å². The number of rotatable bonds is 4. The molecular formula is C18H23N3OS. The highest BCUT2D eigenvalue weighted by atomic mass is 32.1. The van der Waals surface area contributed by atoms with Crippen molar-refractivity contribution in [2.75, 3.05) is 18.8 Å². The van der Waals surface area contributed by atoms with Gasteiger partial charge in [-0.25, -0.2) is 4.98 Å². The molecule has 2 heterocycles. The van der Waals surface area contributed by atoms with E-state index in [0.717, 1.165) is 31.6 Å². The van der Waals surface area contributed by atoms with Gasteiger partial charge in [-0.1, -0.05) is 29.8 Å². The van der Waals surface area contributed by atoms with Crippen molar-refractivity contribution in [1.29, 1.82) is 0 Å². The van der Waals surface area contributed by atoms with E-state index in [9.17, 15) is 4.79 Å². The third-order valence-electron chi connectivity index (χ3n) is 4.45. The lowest BCUT2D eigenvalue weighted by molar-refractivity contribution is -0.132. The van der Waals surface area contributed by atoms with Gasteiger partial charge < -0.3 is 10.6 Å². The molecule has 1 amide bonds. The van der Waals surface area contributed by atoms with Crippen LogP contribution in [0.5, 0.6) is 0 Å². The van der Waals surface area contributed by atoms with Crippen LogP contribution in [-0.4, -0.2) is 28.9 Å². The molecule has 122 valence electrons. The maximum atomic E-state index is 12.5. The van der Waals surface area contributed by atoms with Gasteiger partial charge in [0.25, 0.3) is 0 Å². The summed E-state index contributed by atoms with van der Waals surface area (Å²) in [6.45, 7) is 3.83. The summed E-state index contributed by atoms with van der Waals surface area (Å²) in [4.78, 5) is 18.7. The molecule has 1 aromatic carbocycles. The van der Waals surface area contributed by atoms with Crippen LogP contribution in [0.4, 0.5) is 5.13 Å². The fraction of sp³-hybridized carbons (Fsp3) is 0.444. The summed E-state index contributed by atoms with van der Waals surface area (Å²) < 4.78 is 0. The lowest BCUT2D eigenvalue weighted by Gasteiger charge is -2.33. The van der Waals surface area contributed by atoms with Gasteiger partial charge in [0.15, 0.2) is 5.13 Å². The van der Waals surface area contributed by atoms with Gasteiger partial charge in [0, 0.05) is 30.8 Å². The number of benzene rings is 1. The zero-order chi connectivity index (χ0) is 16.2. The first-order valence-electron chi connectivity index (χ1n) is 8.16. The number of thiazole rings is 1. The van der Waals surface area contributed by atoms with Crippen LogP contribution in [0.1, 0.15) is 42.0 Å². The third kappa shape index (κ3) is 4.10. The van der Waals surface area contributed by atoms with Crippen LogP contribution < -0.4 is 5.73 Å². The van der Waals surface area contributed by atoms with Crippen LogP contribution in [0.2, 0.25) is 0 Å². The van der Waals surface area contributed by atoms with Gasteiger partial charge in [-0.2, -0.15) is 0 Å². The molecule has 2 N–H and O–H groups in total. The lowest BCUT2D eigenvalue weighted by atomic mass is 9.89. The van der Waals surface area contributed by atoms with Crippen molar-refractivity contribution in [2.45, 2.75) is 38.5 Å². The second-order valence-electron chi connectivity index (χ2n) is 6.27. The van der Waals surface area contributed by atoms with E-state index in [0.29, 0.717) is 23.9 Å². The van der Waals surface area contributed by atoms with E-state index in [2.05, 4.69) is 36.2 Å². The number of carbonyl (C=O) groups is 1. The van der Waals surface area contributed by atoms with E-state index in [1.165, 1.54) is 22.5 Å².